The van der Waals surface area contributed by atoms with E-state index in [-0.39, 0.29) is 6.23 Å². The number of hydrogen-bond acceptors (Lipinski definition) is 3. The number of rotatable bonds is 6. The van der Waals surface area contributed by atoms with Gasteiger partial charge in [-0.05, 0) is 25.9 Å². The van der Waals surface area contributed by atoms with Gasteiger partial charge in [-0.3, -0.25) is 4.90 Å². The number of likely N-dealkylation sites (N-methyl/N-ethyl adjacent to an activating group) is 1. The van der Waals surface area contributed by atoms with Gasteiger partial charge in [0.1, 0.15) is 6.23 Å². The molecular weight excluding hydrogens is 164 g/mol. The van der Waals surface area contributed by atoms with Gasteiger partial charge in [-0.2, -0.15) is 0 Å². The largest absolute Gasteiger partial charge is 0.377 e. The predicted molar refractivity (Wildman–Crippen MR) is 56.6 cm³/mol. The molecule has 13 heavy (non-hydrogen) atoms. The summed E-state index contributed by atoms with van der Waals surface area (Å²) < 4.78 is 0. The van der Waals surface area contributed by atoms with Crippen molar-refractivity contribution < 1.29 is 5.11 Å². The highest BCUT2D eigenvalue weighted by Crippen LogP contribution is 2.17. The van der Waals surface area contributed by atoms with Gasteiger partial charge in [-0.25, -0.2) is 0 Å². The lowest BCUT2D eigenvalue weighted by Crippen LogP contribution is -2.40. The second-order valence-electron chi connectivity index (χ2n) is 4.59. The molecule has 0 spiro atoms. The van der Waals surface area contributed by atoms with Crippen LogP contribution in [0.3, 0.4) is 0 Å². The molecule has 0 aliphatic carbocycles. The molecule has 0 aliphatic rings. The van der Waals surface area contributed by atoms with Crippen molar-refractivity contribution in [3.05, 3.63) is 0 Å². The van der Waals surface area contributed by atoms with Crippen LogP contribution in [0.5, 0.6) is 0 Å². The molecule has 0 fully saturated rings. The molecule has 0 aromatic rings. The van der Waals surface area contributed by atoms with E-state index in [9.17, 15) is 5.11 Å². The van der Waals surface area contributed by atoms with E-state index in [4.69, 9.17) is 0 Å². The first-order valence-corrected chi connectivity index (χ1v) is 4.94. The minimum absolute atomic E-state index is 0.325. The smallest absolute Gasteiger partial charge is 0.119 e. The van der Waals surface area contributed by atoms with Crippen LogP contribution in [0.2, 0.25) is 0 Å². The highest BCUT2D eigenvalue weighted by Gasteiger charge is 2.15. The van der Waals surface area contributed by atoms with Crippen LogP contribution < -0.4 is 5.32 Å². The molecule has 0 saturated carbocycles. The topological polar surface area (TPSA) is 35.5 Å². The first kappa shape index (κ1) is 12.9. The van der Waals surface area contributed by atoms with E-state index in [1.165, 1.54) is 0 Å². The van der Waals surface area contributed by atoms with Gasteiger partial charge in [0.2, 0.25) is 0 Å². The molecule has 0 radical (unpaired) electrons. The highest BCUT2D eigenvalue weighted by molar-refractivity contribution is 4.70. The van der Waals surface area contributed by atoms with Crippen molar-refractivity contribution in [1.29, 1.82) is 0 Å². The average Bonchev–Trinajstić information content (AvgIpc) is 2.04. The molecule has 0 aliphatic heterocycles. The molecular formula is C10H24N2O. The fourth-order valence-corrected chi connectivity index (χ4v) is 0.847. The SMILES string of the molecule is CCC(C)(C)CNCC(O)N(C)C. The lowest BCUT2D eigenvalue weighted by Gasteiger charge is -2.25. The van der Waals surface area contributed by atoms with Gasteiger partial charge in [-0.1, -0.05) is 20.8 Å². The van der Waals surface area contributed by atoms with Gasteiger partial charge >= 0.3 is 0 Å². The Labute approximate surface area is 82.1 Å². The summed E-state index contributed by atoms with van der Waals surface area (Å²) in [5.74, 6) is 0. The van der Waals surface area contributed by atoms with Crippen molar-refractivity contribution in [1.82, 2.24) is 10.2 Å². The van der Waals surface area contributed by atoms with Crippen molar-refractivity contribution in [2.75, 3.05) is 27.2 Å². The molecule has 0 heterocycles. The normalized spacial score (nSPS) is 15.0. The third-order valence-corrected chi connectivity index (χ3v) is 2.48. The Bertz CT molecular complexity index is 135. The third-order valence-electron chi connectivity index (χ3n) is 2.48. The molecule has 0 aromatic carbocycles. The van der Waals surface area contributed by atoms with E-state index in [0.29, 0.717) is 12.0 Å². The van der Waals surface area contributed by atoms with Crippen LogP contribution in [0.4, 0.5) is 0 Å². The summed E-state index contributed by atoms with van der Waals surface area (Å²) in [6.45, 7) is 8.22. The average molecular weight is 188 g/mol. The summed E-state index contributed by atoms with van der Waals surface area (Å²) in [4.78, 5) is 1.80. The number of hydrogen-bond donors (Lipinski definition) is 2. The Kier molecular flexibility index (Phi) is 5.53. The summed E-state index contributed by atoms with van der Waals surface area (Å²) in [6.07, 6.45) is 0.769. The van der Waals surface area contributed by atoms with Crippen LogP contribution in [0.15, 0.2) is 0 Å². The zero-order valence-electron chi connectivity index (χ0n) is 9.59. The van der Waals surface area contributed by atoms with E-state index in [0.717, 1.165) is 13.0 Å². The molecule has 0 saturated heterocycles. The Morgan fingerprint density at radius 1 is 1.38 bits per heavy atom. The Morgan fingerprint density at radius 3 is 2.31 bits per heavy atom. The maximum Gasteiger partial charge on any atom is 0.119 e. The quantitative estimate of drug-likeness (QED) is 0.608. The summed E-state index contributed by atoms with van der Waals surface area (Å²) in [7, 11) is 3.74. The maximum absolute atomic E-state index is 9.46. The van der Waals surface area contributed by atoms with Crippen LogP contribution in [0, 0.1) is 5.41 Å². The fraction of sp³-hybridized carbons (Fsp3) is 1.00. The molecule has 2 N–H and O–H groups in total. The van der Waals surface area contributed by atoms with E-state index in [2.05, 4.69) is 26.1 Å². The van der Waals surface area contributed by atoms with E-state index < -0.39 is 0 Å². The van der Waals surface area contributed by atoms with Crippen LogP contribution in [0.25, 0.3) is 0 Å². The van der Waals surface area contributed by atoms with Crippen molar-refractivity contribution in [2.45, 2.75) is 33.4 Å². The summed E-state index contributed by atoms with van der Waals surface area (Å²) >= 11 is 0. The van der Waals surface area contributed by atoms with Gasteiger partial charge < -0.3 is 10.4 Å². The van der Waals surface area contributed by atoms with Crippen molar-refractivity contribution in [3.63, 3.8) is 0 Å². The zero-order valence-corrected chi connectivity index (χ0v) is 9.59. The summed E-state index contributed by atoms with van der Waals surface area (Å²) in [5, 5.41) is 12.7. The van der Waals surface area contributed by atoms with Crippen LogP contribution in [-0.2, 0) is 0 Å². The number of nitrogens with one attached hydrogen (secondary N) is 1. The first-order chi connectivity index (χ1) is 5.89. The third kappa shape index (κ3) is 6.02. The Morgan fingerprint density at radius 2 is 1.92 bits per heavy atom. The van der Waals surface area contributed by atoms with E-state index in [1.54, 1.807) is 4.90 Å². The number of aliphatic hydroxyl groups is 1. The minimum atomic E-state index is -0.382. The fourth-order valence-electron chi connectivity index (χ4n) is 0.847. The van der Waals surface area contributed by atoms with Crippen LogP contribution in [0.1, 0.15) is 27.2 Å². The van der Waals surface area contributed by atoms with Gasteiger partial charge in [0.15, 0.2) is 0 Å². The lowest BCUT2D eigenvalue weighted by atomic mass is 9.90. The maximum atomic E-state index is 9.46. The molecule has 0 amide bonds. The lowest BCUT2D eigenvalue weighted by molar-refractivity contribution is 0.0391. The number of nitrogens with zero attached hydrogens (tertiary/aromatic N) is 1. The van der Waals surface area contributed by atoms with Crippen molar-refractivity contribution >= 4 is 0 Å². The Balaban J connectivity index is 3.56. The van der Waals surface area contributed by atoms with E-state index in [1.807, 2.05) is 14.1 Å². The highest BCUT2D eigenvalue weighted by atomic mass is 16.3. The molecule has 1 unspecified atom stereocenters. The Hall–Kier alpha value is -0.120. The molecule has 80 valence electrons. The van der Waals surface area contributed by atoms with Crippen molar-refractivity contribution in [3.8, 4) is 0 Å². The second-order valence-corrected chi connectivity index (χ2v) is 4.59. The first-order valence-electron chi connectivity index (χ1n) is 4.94. The molecule has 3 nitrogen and oxygen atoms in total. The van der Waals surface area contributed by atoms with Gasteiger partial charge in [0.25, 0.3) is 0 Å². The van der Waals surface area contributed by atoms with Crippen molar-refractivity contribution in [2.24, 2.45) is 5.41 Å². The van der Waals surface area contributed by atoms with Crippen LogP contribution in [-0.4, -0.2) is 43.4 Å². The van der Waals surface area contributed by atoms with Gasteiger partial charge in [0.05, 0.1) is 0 Å². The predicted octanol–water partition coefficient (Wildman–Crippen LogP) is 0.892. The molecule has 0 aromatic heterocycles. The summed E-state index contributed by atoms with van der Waals surface area (Å²) in [5.41, 5.74) is 0.325. The van der Waals surface area contributed by atoms with Gasteiger partial charge in [0, 0.05) is 13.1 Å². The monoisotopic (exact) mass is 188 g/mol. The summed E-state index contributed by atoms with van der Waals surface area (Å²) in [6, 6.07) is 0. The minimum Gasteiger partial charge on any atom is -0.377 e. The molecule has 1 atom stereocenters. The zero-order chi connectivity index (χ0) is 10.5. The molecule has 3 heteroatoms. The van der Waals surface area contributed by atoms with E-state index >= 15 is 0 Å². The molecule has 0 bridgehead atoms. The standard InChI is InChI=1S/C10H24N2O/c1-6-10(2,3)8-11-7-9(13)12(4)5/h9,11,13H,6-8H2,1-5H3. The number of aliphatic hydroxyl groups excluding tert-OH is 1. The molecule has 0 rings (SSSR count). The second kappa shape index (κ2) is 5.58. The van der Waals surface area contributed by atoms with Crippen LogP contribution >= 0.6 is 0 Å². The van der Waals surface area contributed by atoms with Gasteiger partial charge in [-0.15, -0.1) is 0 Å².